The highest BCUT2D eigenvalue weighted by molar-refractivity contribution is 6.52. The van der Waals surface area contributed by atoms with Crippen LogP contribution in [0.1, 0.15) is 6.42 Å². The minimum absolute atomic E-state index is 0.0956. The molecule has 0 radical (unpaired) electrons. The Hall–Kier alpha value is -0.245. The van der Waals surface area contributed by atoms with Crippen molar-refractivity contribution in [1.82, 2.24) is 0 Å². The number of halogens is 1. The quantitative estimate of drug-likeness (QED) is 0.431. The maximum Gasteiger partial charge on any atom is 0.488 e. The van der Waals surface area contributed by atoms with Gasteiger partial charge in [-0.2, -0.15) is 0 Å². The Morgan fingerprint density at radius 2 is 2.30 bits per heavy atom. The SMILES string of the molecule is OB(O)C1=CC(Cl)CC=C1. The van der Waals surface area contributed by atoms with E-state index in [1.54, 1.807) is 12.2 Å². The summed E-state index contributed by atoms with van der Waals surface area (Å²) >= 11 is 5.71. The first-order valence-electron chi connectivity index (χ1n) is 3.08. The van der Waals surface area contributed by atoms with Crippen molar-refractivity contribution in [1.29, 1.82) is 0 Å². The Morgan fingerprint density at radius 3 is 2.70 bits per heavy atom. The third-order valence-electron chi connectivity index (χ3n) is 1.34. The van der Waals surface area contributed by atoms with Crippen molar-refractivity contribution in [2.24, 2.45) is 0 Å². The summed E-state index contributed by atoms with van der Waals surface area (Å²) in [5.74, 6) is 0. The van der Waals surface area contributed by atoms with E-state index >= 15 is 0 Å². The minimum atomic E-state index is -1.39. The number of rotatable bonds is 1. The third-order valence-corrected chi connectivity index (χ3v) is 1.65. The molecule has 54 valence electrons. The first kappa shape index (κ1) is 7.86. The second-order valence-electron chi connectivity index (χ2n) is 2.19. The van der Waals surface area contributed by atoms with Crippen LogP contribution >= 0.6 is 11.6 Å². The molecule has 1 rings (SSSR count). The molecule has 1 aliphatic rings. The standard InChI is InChI=1S/C6H8BClO2/c8-6-3-1-2-5(4-6)7(9)10/h1-2,4,6,9-10H,3H2. The minimum Gasteiger partial charge on any atom is -0.423 e. The van der Waals surface area contributed by atoms with E-state index in [1.807, 2.05) is 6.08 Å². The van der Waals surface area contributed by atoms with Gasteiger partial charge in [-0.1, -0.05) is 18.2 Å². The highest BCUT2D eigenvalue weighted by atomic mass is 35.5. The molecule has 0 aromatic carbocycles. The fourth-order valence-electron chi connectivity index (χ4n) is 0.839. The zero-order valence-electron chi connectivity index (χ0n) is 5.37. The monoisotopic (exact) mass is 158 g/mol. The van der Waals surface area contributed by atoms with Crippen molar-refractivity contribution < 1.29 is 10.0 Å². The van der Waals surface area contributed by atoms with Crippen molar-refractivity contribution in [3.05, 3.63) is 23.7 Å². The van der Waals surface area contributed by atoms with Crippen molar-refractivity contribution in [3.63, 3.8) is 0 Å². The zero-order chi connectivity index (χ0) is 7.56. The summed E-state index contributed by atoms with van der Waals surface area (Å²) in [4.78, 5) is 0. The molecule has 2 nitrogen and oxygen atoms in total. The Kier molecular flexibility index (Phi) is 2.54. The average molecular weight is 158 g/mol. The van der Waals surface area contributed by atoms with Crippen LogP contribution in [0.15, 0.2) is 23.7 Å². The van der Waals surface area contributed by atoms with Gasteiger partial charge in [-0.3, -0.25) is 0 Å². The van der Waals surface area contributed by atoms with Gasteiger partial charge in [-0.15, -0.1) is 11.6 Å². The molecule has 0 aromatic heterocycles. The lowest BCUT2D eigenvalue weighted by Gasteiger charge is -2.08. The molecule has 0 spiro atoms. The summed E-state index contributed by atoms with van der Waals surface area (Å²) in [6.07, 6.45) is 5.90. The lowest BCUT2D eigenvalue weighted by Crippen LogP contribution is -2.17. The Bertz CT molecular complexity index is 177. The highest BCUT2D eigenvalue weighted by Gasteiger charge is 2.15. The van der Waals surface area contributed by atoms with E-state index in [9.17, 15) is 0 Å². The van der Waals surface area contributed by atoms with Crippen molar-refractivity contribution in [2.45, 2.75) is 11.8 Å². The number of hydrogen-bond acceptors (Lipinski definition) is 2. The molecule has 0 bridgehead atoms. The van der Waals surface area contributed by atoms with Crippen LogP contribution in [0, 0.1) is 0 Å². The largest absolute Gasteiger partial charge is 0.488 e. The topological polar surface area (TPSA) is 40.5 Å². The zero-order valence-corrected chi connectivity index (χ0v) is 6.12. The molecule has 0 amide bonds. The first-order valence-corrected chi connectivity index (χ1v) is 3.52. The van der Waals surface area contributed by atoms with Crippen molar-refractivity contribution >= 4 is 18.7 Å². The van der Waals surface area contributed by atoms with Gasteiger partial charge >= 0.3 is 7.12 Å². The number of hydrogen-bond donors (Lipinski definition) is 2. The summed E-state index contributed by atoms with van der Waals surface area (Å²) in [6, 6.07) is 0. The normalized spacial score (nSPS) is 24.3. The maximum atomic E-state index is 8.67. The predicted molar refractivity (Wildman–Crippen MR) is 41.7 cm³/mol. The number of alkyl halides is 1. The second kappa shape index (κ2) is 3.24. The molecular weight excluding hydrogens is 150 g/mol. The van der Waals surface area contributed by atoms with Crippen molar-refractivity contribution in [2.75, 3.05) is 0 Å². The van der Waals surface area contributed by atoms with Gasteiger partial charge in [-0.05, 0) is 11.9 Å². The van der Waals surface area contributed by atoms with Crippen LogP contribution in [0.25, 0.3) is 0 Å². The molecule has 0 fully saturated rings. The lowest BCUT2D eigenvalue weighted by atomic mass is 9.77. The van der Waals surface area contributed by atoms with Gasteiger partial charge in [0, 0.05) is 0 Å². The Balaban J connectivity index is 2.66. The van der Waals surface area contributed by atoms with E-state index in [0.717, 1.165) is 6.42 Å². The summed E-state index contributed by atoms with van der Waals surface area (Å²) < 4.78 is 0. The van der Waals surface area contributed by atoms with Crippen LogP contribution in [0.5, 0.6) is 0 Å². The van der Waals surface area contributed by atoms with Gasteiger partial charge in [0.25, 0.3) is 0 Å². The van der Waals surface area contributed by atoms with E-state index in [0.29, 0.717) is 5.47 Å². The molecule has 0 saturated carbocycles. The Morgan fingerprint density at radius 1 is 1.60 bits per heavy atom. The molecule has 10 heavy (non-hydrogen) atoms. The van der Waals surface area contributed by atoms with Crippen LogP contribution in [0.4, 0.5) is 0 Å². The fourth-order valence-corrected chi connectivity index (χ4v) is 1.09. The fraction of sp³-hybridized carbons (Fsp3) is 0.333. The van der Waals surface area contributed by atoms with Gasteiger partial charge < -0.3 is 10.0 Å². The lowest BCUT2D eigenvalue weighted by molar-refractivity contribution is 0.420. The highest BCUT2D eigenvalue weighted by Crippen LogP contribution is 2.15. The Labute approximate surface area is 65.0 Å². The van der Waals surface area contributed by atoms with Gasteiger partial charge in [0.1, 0.15) is 0 Å². The van der Waals surface area contributed by atoms with Crippen LogP contribution in [-0.2, 0) is 0 Å². The summed E-state index contributed by atoms with van der Waals surface area (Å²) in [5, 5.41) is 17.2. The maximum absolute atomic E-state index is 8.67. The second-order valence-corrected chi connectivity index (χ2v) is 2.75. The van der Waals surface area contributed by atoms with Gasteiger partial charge in [0.05, 0.1) is 5.38 Å². The van der Waals surface area contributed by atoms with Crippen LogP contribution in [0.3, 0.4) is 0 Å². The molecule has 1 atom stereocenters. The van der Waals surface area contributed by atoms with Crippen LogP contribution in [0.2, 0.25) is 0 Å². The summed E-state index contributed by atoms with van der Waals surface area (Å²) in [5.41, 5.74) is 0.478. The smallest absolute Gasteiger partial charge is 0.423 e. The first-order chi connectivity index (χ1) is 4.70. The van der Waals surface area contributed by atoms with E-state index in [2.05, 4.69) is 0 Å². The summed E-state index contributed by atoms with van der Waals surface area (Å²) in [6.45, 7) is 0. The molecule has 4 heteroatoms. The van der Waals surface area contributed by atoms with Gasteiger partial charge in [0.15, 0.2) is 0 Å². The third kappa shape index (κ3) is 1.87. The average Bonchev–Trinajstić information content (AvgIpc) is 1.88. The van der Waals surface area contributed by atoms with E-state index in [1.165, 1.54) is 0 Å². The number of allylic oxidation sites excluding steroid dienone is 4. The van der Waals surface area contributed by atoms with Crippen molar-refractivity contribution in [3.8, 4) is 0 Å². The predicted octanol–water partition coefficient (Wildman–Crippen LogP) is 0.492. The molecule has 1 unspecified atom stereocenters. The van der Waals surface area contributed by atoms with Crippen LogP contribution < -0.4 is 0 Å². The molecule has 1 aliphatic carbocycles. The van der Waals surface area contributed by atoms with Gasteiger partial charge in [-0.25, -0.2) is 0 Å². The molecule has 2 N–H and O–H groups in total. The van der Waals surface area contributed by atoms with Crippen LogP contribution in [-0.4, -0.2) is 22.5 Å². The molecule has 0 aromatic rings. The molecular formula is C6H8BClO2. The van der Waals surface area contributed by atoms with E-state index < -0.39 is 7.12 Å². The molecule has 0 aliphatic heterocycles. The van der Waals surface area contributed by atoms with E-state index in [-0.39, 0.29) is 5.38 Å². The van der Waals surface area contributed by atoms with Gasteiger partial charge in [0.2, 0.25) is 0 Å². The van der Waals surface area contributed by atoms with E-state index in [4.69, 9.17) is 21.6 Å². The molecule has 0 heterocycles. The summed E-state index contributed by atoms with van der Waals surface area (Å²) in [7, 11) is -1.39. The molecule has 0 saturated heterocycles.